The Labute approximate surface area is 94.4 Å². The molecule has 1 aliphatic heterocycles. The number of rotatable bonds is 2. The van der Waals surface area contributed by atoms with Crippen molar-refractivity contribution < 1.29 is 14.3 Å². The Hall–Kier alpha value is -1.51. The van der Waals surface area contributed by atoms with Gasteiger partial charge in [-0.25, -0.2) is 0 Å². The molecule has 3 nitrogen and oxygen atoms in total. The second-order valence-corrected chi connectivity index (χ2v) is 4.49. The molecular formula is C13H14O3. The number of carbonyl (C=O) groups excluding carboxylic acids is 1. The van der Waals surface area contributed by atoms with Crippen molar-refractivity contribution in [3.8, 4) is 5.75 Å². The normalized spacial score (nSPS) is 19.8. The highest BCUT2D eigenvalue weighted by Crippen LogP contribution is 2.50. The van der Waals surface area contributed by atoms with Gasteiger partial charge in [0.2, 0.25) is 0 Å². The second kappa shape index (κ2) is 3.24. The Balaban J connectivity index is 1.99. The largest absolute Gasteiger partial charge is 0.493 e. The van der Waals surface area contributed by atoms with Gasteiger partial charge >= 0.3 is 5.97 Å². The zero-order valence-corrected chi connectivity index (χ0v) is 9.29. The zero-order chi connectivity index (χ0) is 11.2. The molecule has 16 heavy (non-hydrogen) atoms. The molecule has 0 unspecified atom stereocenters. The fourth-order valence-corrected chi connectivity index (χ4v) is 2.42. The van der Waals surface area contributed by atoms with E-state index in [0.29, 0.717) is 0 Å². The van der Waals surface area contributed by atoms with Gasteiger partial charge in [0.25, 0.3) is 0 Å². The first kappa shape index (κ1) is 9.70. The molecule has 1 aromatic carbocycles. The highest BCUT2D eigenvalue weighted by molar-refractivity contribution is 5.86. The summed E-state index contributed by atoms with van der Waals surface area (Å²) in [6.45, 7) is 0.754. The van der Waals surface area contributed by atoms with Gasteiger partial charge in [0, 0.05) is 6.42 Å². The zero-order valence-electron chi connectivity index (χ0n) is 9.29. The van der Waals surface area contributed by atoms with E-state index < -0.39 is 0 Å². The summed E-state index contributed by atoms with van der Waals surface area (Å²) in [5.74, 6) is 0.857. The minimum absolute atomic E-state index is 0.105. The molecule has 3 heteroatoms. The number of esters is 1. The molecular weight excluding hydrogens is 204 g/mol. The van der Waals surface area contributed by atoms with Crippen molar-refractivity contribution in [2.75, 3.05) is 13.7 Å². The Morgan fingerprint density at radius 3 is 2.94 bits per heavy atom. The molecule has 0 radical (unpaired) electrons. The van der Waals surface area contributed by atoms with E-state index in [0.717, 1.165) is 37.2 Å². The van der Waals surface area contributed by atoms with Gasteiger partial charge in [-0.05, 0) is 30.0 Å². The topological polar surface area (TPSA) is 35.5 Å². The molecule has 2 aliphatic rings. The average molecular weight is 218 g/mol. The van der Waals surface area contributed by atoms with Crippen molar-refractivity contribution in [1.82, 2.24) is 0 Å². The first-order chi connectivity index (χ1) is 7.76. The van der Waals surface area contributed by atoms with Crippen molar-refractivity contribution in [3.63, 3.8) is 0 Å². The lowest BCUT2D eigenvalue weighted by molar-refractivity contribution is -0.143. The fraction of sp³-hybridized carbons (Fsp3) is 0.462. The van der Waals surface area contributed by atoms with Gasteiger partial charge < -0.3 is 9.47 Å². The summed E-state index contributed by atoms with van der Waals surface area (Å²) < 4.78 is 10.3. The molecule has 1 aliphatic carbocycles. The quantitative estimate of drug-likeness (QED) is 0.710. The summed E-state index contributed by atoms with van der Waals surface area (Å²) in [5.41, 5.74) is 1.95. The first-order valence-corrected chi connectivity index (χ1v) is 5.61. The maximum absolute atomic E-state index is 11.7. The van der Waals surface area contributed by atoms with Crippen LogP contribution in [0.4, 0.5) is 0 Å². The molecule has 3 rings (SSSR count). The molecule has 0 saturated heterocycles. The summed E-state index contributed by atoms with van der Waals surface area (Å²) in [5, 5.41) is 0. The van der Waals surface area contributed by atoms with Gasteiger partial charge in [-0.1, -0.05) is 12.1 Å². The van der Waals surface area contributed by atoms with Crippen LogP contribution < -0.4 is 4.74 Å². The van der Waals surface area contributed by atoms with Crippen LogP contribution in [0, 0.1) is 0 Å². The van der Waals surface area contributed by atoms with E-state index in [4.69, 9.17) is 9.47 Å². The SMILES string of the molecule is COC(=O)C1(c2ccc3c(c2)CCO3)CC1. The van der Waals surface area contributed by atoms with Crippen molar-refractivity contribution in [2.24, 2.45) is 0 Å². The predicted molar refractivity (Wildman–Crippen MR) is 58.6 cm³/mol. The molecule has 0 atom stereocenters. The van der Waals surface area contributed by atoms with E-state index in [2.05, 4.69) is 6.07 Å². The minimum Gasteiger partial charge on any atom is -0.493 e. The summed E-state index contributed by atoms with van der Waals surface area (Å²) in [6, 6.07) is 6.07. The van der Waals surface area contributed by atoms with E-state index in [1.807, 2.05) is 12.1 Å². The minimum atomic E-state index is -0.355. The molecule has 1 fully saturated rings. The van der Waals surface area contributed by atoms with Crippen LogP contribution in [0.25, 0.3) is 0 Å². The van der Waals surface area contributed by atoms with Crippen LogP contribution in [0.15, 0.2) is 18.2 Å². The van der Waals surface area contributed by atoms with Gasteiger partial charge in [-0.15, -0.1) is 0 Å². The number of methoxy groups -OCH3 is 1. The van der Waals surface area contributed by atoms with Crippen LogP contribution in [-0.4, -0.2) is 19.7 Å². The molecule has 0 spiro atoms. The molecule has 0 bridgehead atoms. The Morgan fingerprint density at radius 2 is 2.25 bits per heavy atom. The lowest BCUT2D eigenvalue weighted by Crippen LogP contribution is -2.21. The van der Waals surface area contributed by atoms with E-state index in [9.17, 15) is 4.79 Å². The lowest BCUT2D eigenvalue weighted by atomic mass is 9.94. The molecule has 1 aromatic rings. The van der Waals surface area contributed by atoms with Crippen molar-refractivity contribution in [3.05, 3.63) is 29.3 Å². The second-order valence-electron chi connectivity index (χ2n) is 4.49. The highest BCUT2D eigenvalue weighted by atomic mass is 16.5. The summed E-state index contributed by atoms with van der Waals surface area (Å²) in [4.78, 5) is 11.7. The van der Waals surface area contributed by atoms with Crippen LogP contribution in [0.5, 0.6) is 5.75 Å². The number of hydrogen-bond donors (Lipinski definition) is 0. The highest BCUT2D eigenvalue weighted by Gasteiger charge is 2.52. The monoisotopic (exact) mass is 218 g/mol. The van der Waals surface area contributed by atoms with E-state index in [1.54, 1.807) is 0 Å². The maximum Gasteiger partial charge on any atom is 0.316 e. The van der Waals surface area contributed by atoms with Crippen molar-refractivity contribution in [2.45, 2.75) is 24.7 Å². The Morgan fingerprint density at radius 1 is 1.44 bits per heavy atom. The summed E-state index contributed by atoms with van der Waals surface area (Å²) >= 11 is 0. The molecule has 0 N–H and O–H groups in total. The van der Waals surface area contributed by atoms with Gasteiger partial charge in [0.05, 0.1) is 19.1 Å². The van der Waals surface area contributed by atoms with Gasteiger partial charge in [-0.3, -0.25) is 4.79 Å². The van der Waals surface area contributed by atoms with Gasteiger partial charge in [0.15, 0.2) is 0 Å². The molecule has 1 saturated carbocycles. The summed E-state index contributed by atoms with van der Waals surface area (Å²) in [7, 11) is 1.46. The van der Waals surface area contributed by atoms with E-state index in [1.165, 1.54) is 12.7 Å². The van der Waals surface area contributed by atoms with Gasteiger partial charge in [0.1, 0.15) is 5.75 Å². The van der Waals surface area contributed by atoms with Crippen LogP contribution in [0.2, 0.25) is 0 Å². The smallest absolute Gasteiger partial charge is 0.316 e. The third kappa shape index (κ3) is 1.24. The Kier molecular flexibility index (Phi) is 1.96. The predicted octanol–water partition coefficient (Wildman–Crippen LogP) is 1.83. The number of fused-ring (bicyclic) bond motifs is 1. The standard InChI is InChI=1S/C13H14O3/c1-15-12(14)13(5-6-13)10-2-3-11-9(8-10)4-7-16-11/h2-3,8H,4-7H2,1H3. The average Bonchev–Trinajstić information content (AvgIpc) is 3.00. The number of ether oxygens (including phenoxy) is 2. The van der Waals surface area contributed by atoms with Crippen LogP contribution >= 0.6 is 0 Å². The lowest BCUT2D eigenvalue weighted by Gasteiger charge is -2.13. The molecule has 1 heterocycles. The van der Waals surface area contributed by atoms with Crippen LogP contribution in [0.3, 0.4) is 0 Å². The fourth-order valence-electron chi connectivity index (χ4n) is 2.42. The van der Waals surface area contributed by atoms with E-state index >= 15 is 0 Å². The summed E-state index contributed by atoms with van der Waals surface area (Å²) in [6.07, 6.45) is 2.75. The van der Waals surface area contributed by atoms with Crippen LogP contribution in [-0.2, 0) is 21.4 Å². The maximum atomic E-state index is 11.7. The number of benzene rings is 1. The third-order valence-corrected chi connectivity index (χ3v) is 3.57. The first-order valence-electron chi connectivity index (χ1n) is 5.61. The third-order valence-electron chi connectivity index (χ3n) is 3.57. The van der Waals surface area contributed by atoms with E-state index in [-0.39, 0.29) is 11.4 Å². The van der Waals surface area contributed by atoms with Crippen molar-refractivity contribution in [1.29, 1.82) is 0 Å². The molecule has 0 aromatic heterocycles. The molecule has 84 valence electrons. The van der Waals surface area contributed by atoms with Gasteiger partial charge in [-0.2, -0.15) is 0 Å². The van der Waals surface area contributed by atoms with Crippen molar-refractivity contribution >= 4 is 5.97 Å². The number of hydrogen-bond acceptors (Lipinski definition) is 3. The molecule has 0 amide bonds. The number of carbonyl (C=O) groups is 1. The van der Waals surface area contributed by atoms with Crippen LogP contribution in [0.1, 0.15) is 24.0 Å². The Bertz CT molecular complexity index is 446.